The van der Waals surface area contributed by atoms with Gasteiger partial charge < -0.3 is 24.4 Å². The molecule has 98 valence electrons. The Labute approximate surface area is 105 Å². The van der Waals surface area contributed by atoms with E-state index < -0.39 is 12.2 Å². The Kier molecular flexibility index (Phi) is 4.77. The van der Waals surface area contributed by atoms with Crippen LogP contribution in [0.15, 0.2) is 12.1 Å². The maximum atomic E-state index is 9.90. The summed E-state index contributed by atoms with van der Waals surface area (Å²) in [5.74, 6) is 1.02. The summed E-state index contributed by atoms with van der Waals surface area (Å²) in [7, 11) is 4.29. The number of aliphatic hydroxyl groups is 2. The smallest absolute Gasteiger partial charge is 0.170 e. The fourth-order valence-corrected chi connectivity index (χ4v) is 1.55. The van der Waals surface area contributed by atoms with Crippen molar-refractivity contribution in [3.8, 4) is 23.3 Å². The van der Waals surface area contributed by atoms with Gasteiger partial charge in [-0.25, -0.2) is 0 Å². The maximum absolute atomic E-state index is 9.90. The van der Waals surface area contributed by atoms with Crippen LogP contribution in [0.2, 0.25) is 0 Å². The van der Waals surface area contributed by atoms with Gasteiger partial charge in [-0.15, -0.1) is 0 Å². The van der Waals surface area contributed by atoms with Crippen molar-refractivity contribution in [2.45, 2.75) is 12.2 Å². The number of benzene rings is 1. The molecular formula is C12H15NO5. The monoisotopic (exact) mass is 253 g/mol. The molecule has 0 bridgehead atoms. The molecule has 0 amide bonds. The van der Waals surface area contributed by atoms with Gasteiger partial charge in [0.1, 0.15) is 23.4 Å². The Bertz CT molecular complexity index is 429. The SMILES string of the molecule is COc1cc(OC)c(C(O)C(O)C#N)c(OC)c1. The van der Waals surface area contributed by atoms with Gasteiger partial charge >= 0.3 is 0 Å². The normalized spacial score (nSPS) is 13.3. The van der Waals surface area contributed by atoms with Crippen LogP contribution >= 0.6 is 0 Å². The van der Waals surface area contributed by atoms with Crippen molar-refractivity contribution in [1.29, 1.82) is 5.26 Å². The quantitative estimate of drug-likeness (QED) is 0.748. The van der Waals surface area contributed by atoms with E-state index in [9.17, 15) is 10.2 Å². The van der Waals surface area contributed by atoms with Crippen LogP contribution < -0.4 is 14.2 Å². The molecular weight excluding hydrogens is 238 g/mol. The van der Waals surface area contributed by atoms with Crippen molar-refractivity contribution in [2.75, 3.05) is 21.3 Å². The molecule has 1 aromatic carbocycles. The van der Waals surface area contributed by atoms with Crippen molar-refractivity contribution in [1.82, 2.24) is 0 Å². The Morgan fingerprint density at radius 1 is 1.06 bits per heavy atom. The first kappa shape index (κ1) is 14.1. The molecule has 0 fully saturated rings. The first-order valence-corrected chi connectivity index (χ1v) is 5.14. The number of hydrogen-bond acceptors (Lipinski definition) is 6. The van der Waals surface area contributed by atoms with Crippen LogP contribution in [-0.2, 0) is 0 Å². The molecule has 18 heavy (non-hydrogen) atoms. The molecule has 0 aliphatic rings. The molecule has 0 saturated carbocycles. The maximum Gasteiger partial charge on any atom is 0.170 e. The first-order valence-electron chi connectivity index (χ1n) is 5.14. The second-order valence-electron chi connectivity index (χ2n) is 3.46. The molecule has 6 heteroatoms. The molecule has 6 nitrogen and oxygen atoms in total. The standard InChI is InChI=1S/C12H15NO5/c1-16-7-4-9(17-2)11(10(5-7)18-3)12(15)8(14)6-13/h4-5,8,12,14-15H,1-3H3. The van der Waals surface area contributed by atoms with Crippen LogP contribution in [-0.4, -0.2) is 37.6 Å². The van der Waals surface area contributed by atoms with Gasteiger partial charge in [-0.1, -0.05) is 0 Å². The molecule has 2 unspecified atom stereocenters. The molecule has 0 spiro atoms. The summed E-state index contributed by atoms with van der Waals surface area (Å²) in [6.45, 7) is 0. The fraction of sp³-hybridized carbons (Fsp3) is 0.417. The van der Waals surface area contributed by atoms with Crippen LogP contribution in [0.4, 0.5) is 0 Å². The second kappa shape index (κ2) is 6.10. The van der Waals surface area contributed by atoms with E-state index in [0.717, 1.165) is 0 Å². The summed E-state index contributed by atoms with van der Waals surface area (Å²) in [6, 6.07) is 4.62. The minimum atomic E-state index is -1.57. The Hall–Kier alpha value is -1.97. The molecule has 0 aliphatic carbocycles. The molecule has 0 aliphatic heterocycles. The Morgan fingerprint density at radius 2 is 1.56 bits per heavy atom. The van der Waals surface area contributed by atoms with E-state index in [2.05, 4.69) is 0 Å². The minimum absolute atomic E-state index is 0.204. The van der Waals surface area contributed by atoms with E-state index >= 15 is 0 Å². The molecule has 0 aromatic heterocycles. The fourth-order valence-electron chi connectivity index (χ4n) is 1.55. The van der Waals surface area contributed by atoms with Gasteiger partial charge in [0, 0.05) is 12.1 Å². The predicted molar refractivity (Wildman–Crippen MR) is 62.7 cm³/mol. The Balaban J connectivity index is 3.36. The summed E-state index contributed by atoms with van der Waals surface area (Å²) in [5, 5.41) is 27.9. The molecule has 0 heterocycles. The number of ether oxygens (including phenoxy) is 3. The zero-order valence-electron chi connectivity index (χ0n) is 10.4. The number of nitrogens with zero attached hydrogens (tertiary/aromatic N) is 1. The van der Waals surface area contributed by atoms with E-state index in [4.69, 9.17) is 19.5 Å². The predicted octanol–water partition coefficient (Wildman–Crippen LogP) is 0.630. The number of aliphatic hydroxyl groups excluding tert-OH is 2. The summed E-state index contributed by atoms with van der Waals surface area (Å²) in [5.41, 5.74) is 0.204. The van der Waals surface area contributed by atoms with E-state index in [0.29, 0.717) is 5.75 Å². The minimum Gasteiger partial charge on any atom is -0.496 e. The van der Waals surface area contributed by atoms with E-state index in [-0.39, 0.29) is 17.1 Å². The van der Waals surface area contributed by atoms with Gasteiger partial charge in [0.25, 0.3) is 0 Å². The number of hydrogen-bond donors (Lipinski definition) is 2. The summed E-state index contributed by atoms with van der Waals surface area (Å²) in [6.07, 6.45) is -2.99. The summed E-state index contributed by atoms with van der Waals surface area (Å²) < 4.78 is 15.3. The van der Waals surface area contributed by atoms with Crippen molar-refractivity contribution in [3.63, 3.8) is 0 Å². The number of nitriles is 1. The average Bonchev–Trinajstić information content (AvgIpc) is 2.43. The molecule has 0 saturated heterocycles. The zero-order valence-corrected chi connectivity index (χ0v) is 10.4. The molecule has 0 radical (unpaired) electrons. The topological polar surface area (TPSA) is 91.9 Å². The largest absolute Gasteiger partial charge is 0.496 e. The third-order valence-electron chi connectivity index (χ3n) is 2.48. The van der Waals surface area contributed by atoms with Gasteiger partial charge in [0.15, 0.2) is 6.10 Å². The van der Waals surface area contributed by atoms with Gasteiger partial charge in [0.2, 0.25) is 0 Å². The van der Waals surface area contributed by atoms with Gasteiger partial charge in [-0.3, -0.25) is 0 Å². The first-order chi connectivity index (χ1) is 8.58. The van der Waals surface area contributed by atoms with Crippen LogP contribution in [0, 0.1) is 11.3 Å². The van der Waals surface area contributed by atoms with E-state index in [1.807, 2.05) is 0 Å². The van der Waals surface area contributed by atoms with Crippen molar-refractivity contribution < 1.29 is 24.4 Å². The third kappa shape index (κ3) is 2.64. The van der Waals surface area contributed by atoms with E-state index in [1.165, 1.54) is 33.5 Å². The average molecular weight is 253 g/mol. The van der Waals surface area contributed by atoms with Gasteiger partial charge in [-0.05, 0) is 0 Å². The lowest BCUT2D eigenvalue weighted by Gasteiger charge is -2.19. The van der Waals surface area contributed by atoms with Gasteiger partial charge in [-0.2, -0.15) is 5.26 Å². The lowest BCUT2D eigenvalue weighted by molar-refractivity contribution is 0.0492. The van der Waals surface area contributed by atoms with Crippen LogP contribution in [0.3, 0.4) is 0 Å². The van der Waals surface area contributed by atoms with E-state index in [1.54, 1.807) is 6.07 Å². The second-order valence-corrected chi connectivity index (χ2v) is 3.46. The summed E-state index contributed by atoms with van der Waals surface area (Å²) in [4.78, 5) is 0. The van der Waals surface area contributed by atoms with Crippen molar-refractivity contribution in [3.05, 3.63) is 17.7 Å². The number of methoxy groups -OCH3 is 3. The molecule has 1 rings (SSSR count). The van der Waals surface area contributed by atoms with Gasteiger partial charge in [0.05, 0.1) is 33.0 Å². The molecule has 2 N–H and O–H groups in total. The lowest BCUT2D eigenvalue weighted by atomic mass is 10.0. The zero-order chi connectivity index (χ0) is 13.7. The highest BCUT2D eigenvalue weighted by molar-refractivity contribution is 5.52. The highest BCUT2D eigenvalue weighted by atomic mass is 16.5. The lowest BCUT2D eigenvalue weighted by Crippen LogP contribution is -2.17. The summed E-state index contributed by atoms with van der Waals surface area (Å²) >= 11 is 0. The Morgan fingerprint density at radius 3 is 1.89 bits per heavy atom. The molecule has 2 atom stereocenters. The molecule has 1 aromatic rings. The number of rotatable bonds is 5. The third-order valence-corrected chi connectivity index (χ3v) is 2.48. The van der Waals surface area contributed by atoms with Crippen molar-refractivity contribution >= 4 is 0 Å². The van der Waals surface area contributed by atoms with Crippen LogP contribution in [0.1, 0.15) is 11.7 Å². The highest BCUT2D eigenvalue weighted by Gasteiger charge is 2.26. The van der Waals surface area contributed by atoms with Crippen LogP contribution in [0.5, 0.6) is 17.2 Å². The highest BCUT2D eigenvalue weighted by Crippen LogP contribution is 2.39. The van der Waals surface area contributed by atoms with Crippen LogP contribution in [0.25, 0.3) is 0 Å². The van der Waals surface area contributed by atoms with Crippen molar-refractivity contribution in [2.24, 2.45) is 0 Å².